The lowest BCUT2D eigenvalue weighted by Gasteiger charge is -2.02. The zero-order valence-electron chi connectivity index (χ0n) is 9.71. The summed E-state index contributed by atoms with van der Waals surface area (Å²) in [6, 6.07) is 0. The number of rotatable bonds is 5. The first-order chi connectivity index (χ1) is 7.84. The van der Waals surface area contributed by atoms with E-state index < -0.39 is 17.5 Å². The van der Waals surface area contributed by atoms with Gasteiger partial charge in [0.25, 0.3) is 5.88 Å². The van der Waals surface area contributed by atoms with Crippen LogP contribution in [0.25, 0.3) is 0 Å². The normalized spacial score (nSPS) is 10.6. The Labute approximate surface area is 97.0 Å². The van der Waals surface area contributed by atoms with Crippen LogP contribution >= 0.6 is 0 Å². The van der Waals surface area contributed by atoms with Crippen LogP contribution in [-0.2, 0) is 11.8 Å². The zero-order valence-corrected chi connectivity index (χ0v) is 9.71. The fraction of sp³-hybridized carbons (Fsp3) is 0.556. The zero-order chi connectivity index (χ0) is 13.2. The first-order valence-corrected chi connectivity index (χ1v) is 4.90. The van der Waals surface area contributed by atoms with Crippen molar-refractivity contribution in [2.24, 2.45) is 7.05 Å². The van der Waals surface area contributed by atoms with Crippen LogP contribution in [0.2, 0.25) is 0 Å². The van der Waals surface area contributed by atoms with Crippen LogP contribution in [0.4, 0.5) is 5.69 Å². The van der Waals surface area contributed by atoms with Gasteiger partial charge in [0.15, 0.2) is 6.61 Å². The van der Waals surface area contributed by atoms with E-state index in [0.29, 0.717) is 0 Å². The second kappa shape index (κ2) is 4.81. The SMILES string of the molecule is CC(C)c1nn(C)c(OCC(=O)O)c1[N+](=O)[O-]. The lowest BCUT2D eigenvalue weighted by atomic mass is 10.1. The monoisotopic (exact) mass is 243 g/mol. The lowest BCUT2D eigenvalue weighted by molar-refractivity contribution is -0.386. The average Bonchev–Trinajstić information content (AvgIpc) is 2.52. The first kappa shape index (κ1) is 12.9. The summed E-state index contributed by atoms with van der Waals surface area (Å²) >= 11 is 0. The number of carbonyl (C=O) groups is 1. The van der Waals surface area contributed by atoms with E-state index in [4.69, 9.17) is 9.84 Å². The van der Waals surface area contributed by atoms with Gasteiger partial charge in [-0.3, -0.25) is 10.1 Å². The third-order valence-electron chi connectivity index (χ3n) is 2.06. The molecule has 0 unspecified atom stereocenters. The molecular weight excluding hydrogens is 230 g/mol. The Bertz CT molecular complexity index is 452. The molecule has 0 amide bonds. The van der Waals surface area contributed by atoms with E-state index in [1.165, 1.54) is 11.7 Å². The van der Waals surface area contributed by atoms with E-state index >= 15 is 0 Å². The molecule has 0 radical (unpaired) electrons. The molecule has 0 spiro atoms. The number of ether oxygens (including phenoxy) is 1. The summed E-state index contributed by atoms with van der Waals surface area (Å²) in [6.07, 6.45) is 0. The first-order valence-electron chi connectivity index (χ1n) is 4.90. The van der Waals surface area contributed by atoms with Crippen molar-refractivity contribution in [1.82, 2.24) is 9.78 Å². The topological polar surface area (TPSA) is 107 Å². The number of nitrogens with zero attached hydrogens (tertiary/aromatic N) is 3. The van der Waals surface area contributed by atoms with E-state index in [-0.39, 0.29) is 23.2 Å². The van der Waals surface area contributed by atoms with Gasteiger partial charge in [0.2, 0.25) is 0 Å². The van der Waals surface area contributed by atoms with Crippen LogP contribution in [0.1, 0.15) is 25.5 Å². The van der Waals surface area contributed by atoms with Crippen molar-refractivity contribution in [3.05, 3.63) is 15.8 Å². The summed E-state index contributed by atoms with van der Waals surface area (Å²) in [5, 5.41) is 23.4. The number of aromatic nitrogens is 2. The fourth-order valence-electron chi connectivity index (χ4n) is 1.37. The lowest BCUT2D eigenvalue weighted by Crippen LogP contribution is -2.12. The maximum absolute atomic E-state index is 10.9. The van der Waals surface area contributed by atoms with Gasteiger partial charge in [-0.25, -0.2) is 9.48 Å². The Morgan fingerprint density at radius 2 is 2.24 bits per heavy atom. The molecular formula is C9H13N3O5. The van der Waals surface area contributed by atoms with Crippen molar-refractivity contribution in [3.8, 4) is 5.88 Å². The third kappa shape index (κ3) is 2.71. The predicted octanol–water partition coefficient (Wildman–Crippen LogP) is 0.915. The van der Waals surface area contributed by atoms with E-state index in [1.54, 1.807) is 13.8 Å². The number of hydrogen-bond acceptors (Lipinski definition) is 5. The molecule has 0 aliphatic carbocycles. The molecule has 0 saturated heterocycles. The Balaban J connectivity index is 3.18. The molecule has 1 aromatic heterocycles. The van der Waals surface area contributed by atoms with E-state index in [9.17, 15) is 14.9 Å². The van der Waals surface area contributed by atoms with Crippen molar-refractivity contribution in [1.29, 1.82) is 0 Å². The van der Waals surface area contributed by atoms with Gasteiger partial charge < -0.3 is 9.84 Å². The fourth-order valence-corrected chi connectivity index (χ4v) is 1.37. The van der Waals surface area contributed by atoms with E-state index in [1.807, 2.05) is 0 Å². The average molecular weight is 243 g/mol. The third-order valence-corrected chi connectivity index (χ3v) is 2.06. The molecule has 0 fully saturated rings. The van der Waals surface area contributed by atoms with Gasteiger partial charge in [0, 0.05) is 13.0 Å². The Kier molecular flexibility index (Phi) is 3.66. The Morgan fingerprint density at radius 1 is 1.65 bits per heavy atom. The summed E-state index contributed by atoms with van der Waals surface area (Å²) in [4.78, 5) is 20.7. The molecule has 0 aliphatic rings. The van der Waals surface area contributed by atoms with Crippen molar-refractivity contribution >= 4 is 11.7 Å². The van der Waals surface area contributed by atoms with Gasteiger partial charge in [-0.2, -0.15) is 5.10 Å². The number of carboxylic acids is 1. The molecule has 1 rings (SSSR count). The molecule has 8 nitrogen and oxygen atoms in total. The Hall–Kier alpha value is -2.12. The van der Waals surface area contributed by atoms with Gasteiger partial charge in [-0.1, -0.05) is 13.8 Å². The highest BCUT2D eigenvalue weighted by Crippen LogP contribution is 2.34. The van der Waals surface area contributed by atoms with Gasteiger partial charge in [0.1, 0.15) is 5.69 Å². The van der Waals surface area contributed by atoms with Gasteiger partial charge in [-0.05, 0) is 0 Å². The van der Waals surface area contributed by atoms with Gasteiger partial charge >= 0.3 is 11.7 Å². The number of nitro groups is 1. The van der Waals surface area contributed by atoms with Crippen LogP contribution in [0.15, 0.2) is 0 Å². The molecule has 8 heteroatoms. The number of aliphatic carboxylic acids is 1. The molecule has 0 aliphatic heterocycles. The predicted molar refractivity (Wildman–Crippen MR) is 57.1 cm³/mol. The number of carboxylic acid groups (broad SMARTS) is 1. The van der Waals surface area contributed by atoms with Crippen molar-refractivity contribution in [3.63, 3.8) is 0 Å². The molecule has 0 bridgehead atoms. The van der Waals surface area contributed by atoms with Crippen LogP contribution in [-0.4, -0.2) is 32.4 Å². The quantitative estimate of drug-likeness (QED) is 0.608. The van der Waals surface area contributed by atoms with Crippen molar-refractivity contribution in [2.75, 3.05) is 6.61 Å². The van der Waals surface area contributed by atoms with E-state index in [0.717, 1.165) is 0 Å². The minimum Gasteiger partial charge on any atom is -0.479 e. The van der Waals surface area contributed by atoms with Gasteiger partial charge in [0.05, 0.1) is 4.92 Å². The summed E-state index contributed by atoms with van der Waals surface area (Å²) in [5.74, 6) is -1.49. The van der Waals surface area contributed by atoms with Crippen molar-refractivity contribution < 1.29 is 19.6 Å². The van der Waals surface area contributed by atoms with Crippen LogP contribution in [0.5, 0.6) is 5.88 Å². The second-order valence-corrected chi connectivity index (χ2v) is 3.76. The summed E-state index contributed by atoms with van der Waals surface area (Å²) in [6.45, 7) is 2.88. The molecule has 0 aromatic carbocycles. The van der Waals surface area contributed by atoms with Crippen LogP contribution in [0, 0.1) is 10.1 Å². The molecule has 1 N–H and O–H groups in total. The summed E-state index contributed by atoms with van der Waals surface area (Å²) in [7, 11) is 1.47. The second-order valence-electron chi connectivity index (χ2n) is 3.76. The maximum atomic E-state index is 10.9. The standard InChI is InChI=1S/C9H13N3O5/c1-5(2)7-8(12(15)16)9(11(3)10-7)17-4-6(13)14/h5H,4H2,1-3H3,(H,13,14). The largest absolute Gasteiger partial charge is 0.479 e. The maximum Gasteiger partial charge on any atom is 0.353 e. The molecule has 1 aromatic rings. The highest BCUT2D eigenvalue weighted by molar-refractivity contribution is 5.68. The van der Waals surface area contributed by atoms with Crippen LogP contribution in [0.3, 0.4) is 0 Å². The minimum atomic E-state index is -1.20. The highest BCUT2D eigenvalue weighted by atomic mass is 16.6. The highest BCUT2D eigenvalue weighted by Gasteiger charge is 2.30. The summed E-state index contributed by atoms with van der Waals surface area (Å²) < 4.78 is 6.06. The Morgan fingerprint density at radius 3 is 2.65 bits per heavy atom. The van der Waals surface area contributed by atoms with Crippen LogP contribution < -0.4 is 4.74 Å². The minimum absolute atomic E-state index is 0.138. The number of aryl methyl sites for hydroxylation is 1. The molecule has 1 heterocycles. The smallest absolute Gasteiger partial charge is 0.353 e. The summed E-state index contributed by atoms with van der Waals surface area (Å²) in [5.41, 5.74) is 0.00152. The molecule has 94 valence electrons. The molecule has 17 heavy (non-hydrogen) atoms. The van der Waals surface area contributed by atoms with Gasteiger partial charge in [-0.15, -0.1) is 0 Å². The molecule has 0 saturated carbocycles. The number of hydrogen-bond donors (Lipinski definition) is 1. The van der Waals surface area contributed by atoms with Crippen molar-refractivity contribution in [2.45, 2.75) is 19.8 Å². The molecule has 0 atom stereocenters. The van der Waals surface area contributed by atoms with E-state index in [2.05, 4.69) is 5.10 Å².